The number of benzene rings is 2. The predicted molar refractivity (Wildman–Crippen MR) is 171 cm³/mol. The van der Waals surface area contributed by atoms with Crippen LogP contribution in [0.25, 0.3) is 0 Å². The van der Waals surface area contributed by atoms with Gasteiger partial charge in [0.25, 0.3) is 5.91 Å². The molecule has 2 bridgehead atoms. The molecule has 9 heteroatoms. The molecule has 2 aliphatic carbocycles. The number of anilines is 1. The van der Waals surface area contributed by atoms with Gasteiger partial charge in [-0.15, -0.1) is 0 Å². The van der Waals surface area contributed by atoms with Crippen molar-refractivity contribution in [3.63, 3.8) is 0 Å². The molecule has 0 saturated heterocycles. The zero-order chi connectivity index (χ0) is 30.4. The molecular formula is C34H43ClN2O5S. The van der Waals surface area contributed by atoms with Gasteiger partial charge in [-0.05, 0) is 110 Å². The monoisotopic (exact) mass is 626 g/mol. The molecule has 0 aromatic heterocycles. The van der Waals surface area contributed by atoms with Gasteiger partial charge in [0.1, 0.15) is 5.75 Å². The van der Waals surface area contributed by atoms with E-state index >= 15 is 0 Å². The summed E-state index contributed by atoms with van der Waals surface area (Å²) in [4.78, 5) is 15.8. The molecule has 1 N–H and O–H groups in total. The third-order valence-corrected chi connectivity index (χ3v) is 12.0. The van der Waals surface area contributed by atoms with Gasteiger partial charge in [-0.3, -0.25) is 4.79 Å². The minimum absolute atomic E-state index is 0.0130. The highest BCUT2D eigenvalue weighted by Crippen LogP contribution is 2.47. The van der Waals surface area contributed by atoms with Crippen molar-refractivity contribution in [3.8, 4) is 5.75 Å². The Morgan fingerprint density at radius 1 is 1.19 bits per heavy atom. The van der Waals surface area contributed by atoms with Crippen LogP contribution in [0.3, 0.4) is 0 Å². The summed E-state index contributed by atoms with van der Waals surface area (Å²) in [5.41, 5.74) is 4.65. The zero-order valence-corrected chi connectivity index (χ0v) is 27.0. The minimum Gasteiger partial charge on any atom is -0.490 e. The Kier molecular flexibility index (Phi) is 8.57. The van der Waals surface area contributed by atoms with Crippen LogP contribution >= 0.6 is 11.6 Å². The molecule has 1 fully saturated rings. The molecule has 2 aromatic carbocycles. The summed E-state index contributed by atoms with van der Waals surface area (Å²) >= 11 is 6.41. The van der Waals surface area contributed by atoms with Crippen molar-refractivity contribution in [2.24, 2.45) is 17.8 Å². The van der Waals surface area contributed by atoms with Gasteiger partial charge in [0.05, 0.1) is 24.2 Å². The summed E-state index contributed by atoms with van der Waals surface area (Å²) in [6, 6.07) is 11.6. The molecule has 1 amide bonds. The van der Waals surface area contributed by atoms with E-state index in [9.17, 15) is 13.2 Å². The molecule has 2 heterocycles. The lowest BCUT2D eigenvalue weighted by Gasteiger charge is -2.46. The highest BCUT2D eigenvalue weighted by molar-refractivity contribution is 7.90. The number of halogens is 1. The van der Waals surface area contributed by atoms with Gasteiger partial charge in [-0.25, -0.2) is 13.1 Å². The fourth-order valence-electron chi connectivity index (χ4n) is 7.83. The molecule has 0 radical (unpaired) electrons. The Morgan fingerprint density at radius 3 is 2.77 bits per heavy atom. The number of carbonyl (C=O) groups is 1. The van der Waals surface area contributed by atoms with Crippen LogP contribution < -0.4 is 14.4 Å². The average Bonchev–Trinajstić information content (AvgIpc) is 3.11. The maximum absolute atomic E-state index is 13.4. The summed E-state index contributed by atoms with van der Waals surface area (Å²) in [6.45, 7) is 6.17. The maximum Gasteiger partial charge on any atom is 0.264 e. The first-order valence-electron chi connectivity index (χ1n) is 15.7. The van der Waals surface area contributed by atoms with Gasteiger partial charge >= 0.3 is 0 Å². The van der Waals surface area contributed by atoms with Gasteiger partial charge in [-0.2, -0.15) is 0 Å². The lowest BCUT2D eigenvalue weighted by Crippen LogP contribution is -2.50. The van der Waals surface area contributed by atoms with Gasteiger partial charge < -0.3 is 14.4 Å². The molecule has 6 rings (SSSR count). The molecule has 7 nitrogen and oxygen atoms in total. The first kappa shape index (κ1) is 30.5. The third-order valence-electron chi connectivity index (χ3n) is 10.4. The van der Waals surface area contributed by atoms with Crippen molar-refractivity contribution in [2.45, 2.75) is 70.3 Å². The van der Waals surface area contributed by atoms with Crippen LogP contribution in [0.15, 0.2) is 48.0 Å². The Labute approximate surface area is 261 Å². The van der Waals surface area contributed by atoms with E-state index in [-0.39, 0.29) is 23.2 Å². The average molecular weight is 627 g/mol. The fourth-order valence-corrected chi connectivity index (χ4v) is 9.50. The molecule has 5 atom stereocenters. The summed E-state index contributed by atoms with van der Waals surface area (Å²) in [5.74, 6) is 0.703. The SMILES string of the molecule is CC[C@H]1C/C=C(\C)[C@H](OC)[C@@H]2CC[C@H]2CN2C[C@@]3(CCCc4cc(Cl)ccc43)COc3ccc(cc32)C(=O)NS(=O)(=O)C1. The number of fused-ring (bicyclic) bond motifs is 4. The molecule has 1 saturated carbocycles. The molecular weight excluding hydrogens is 584 g/mol. The highest BCUT2D eigenvalue weighted by atomic mass is 35.5. The van der Waals surface area contributed by atoms with E-state index in [4.69, 9.17) is 21.1 Å². The van der Waals surface area contributed by atoms with Crippen molar-refractivity contribution < 1.29 is 22.7 Å². The predicted octanol–water partition coefficient (Wildman–Crippen LogP) is 6.29. The van der Waals surface area contributed by atoms with Crippen LogP contribution in [0.5, 0.6) is 5.75 Å². The smallest absolute Gasteiger partial charge is 0.264 e. The highest BCUT2D eigenvalue weighted by Gasteiger charge is 2.45. The van der Waals surface area contributed by atoms with Crippen LogP contribution in [0, 0.1) is 17.8 Å². The third kappa shape index (κ3) is 6.07. The van der Waals surface area contributed by atoms with E-state index in [1.807, 2.05) is 25.1 Å². The topological polar surface area (TPSA) is 84.9 Å². The lowest BCUT2D eigenvalue weighted by atomic mass is 9.67. The second-order valence-electron chi connectivity index (χ2n) is 13.1. The Balaban J connectivity index is 1.43. The molecule has 0 unspecified atom stereocenters. The van der Waals surface area contributed by atoms with Crippen molar-refractivity contribution in [1.29, 1.82) is 0 Å². The van der Waals surface area contributed by atoms with E-state index in [0.29, 0.717) is 36.8 Å². The standard InChI is InChI=1S/C34H43ClN2O5S/c1-4-23-8-7-22(2)32(41-3)28-12-9-26(28)18-37-20-34(15-5-6-24-16-27(35)11-13-29(24)34)21-42-31-14-10-25(17-30(31)37)33(38)36-43(39,40)19-23/h7,10-11,13-14,16-17,23,26,28,32H,4-6,8-9,12,15,18-21H2,1-3H3,(H,36,38)/b22-7+/t23-,26-,28+,32-,34-/m0/s1. The quantitative estimate of drug-likeness (QED) is 0.395. The van der Waals surface area contributed by atoms with E-state index in [2.05, 4.69) is 34.8 Å². The van der Waals surface area contributed by atoms with Crippen molar-refractivity contribution >= 4 is 33.2 Å². The van der Waals surface area contributed by atoms with Crippen LogP contribution in [0.2, 0.25) is 5.02 Å². The van der Waals surface area contributed by atoms with E-state index in [1.54, 1.807) is 13.2 Å². The van der Waals surface area contributed by atoms with Crippen molar-refractivity contribution in [2.75, 3.05) is 37.5 Å². The molecule has 4 aliphatic rings. The van der Waals surface area contributed by atoms with Crippen molar-refractivity contribution in [3.05, 3.63) is 69.8 Å². The molecule has 2 aliphatic heterocycles. The molecule has 1 spiro atoms. The van der Waals surface area contributed by atoms with E-state index in [1.165, 1.54) is 11.1 Å². The van der Waals surface area contributed by atoms with Gasteiger partial charge in [-0.1, -0.05) is 37.1 Å². The van der Waals surface area contributed by atoms with Gasteiger partial charge in [0, 0.05) is 36.2 Å². The Morgan fingerprint density at radius 2 is 2.02 bits per heavy atom. The lowest BCUT2D eigenvalue weighted by molar-refractivity contribution is 0.00614. The number of aryl methyl sites for hydroxylation is 1. The molecule has 232 valence electrons. The second-order valence-corrected chi connectivity index (χ2v) is 15.3. The zero-order valence-electron chi connectivity index (χ0n) is 25.4. The summed E-state index contributed by atoms with van der Waals surface area (Å²) < 4.78 is 41.3. The van der Waals surface area contributed by atoms with Gasteiger partial charge in [0.2, 0.25) is 10.0 Å². The number of ether oxygens (including phenoxy) is 2. The van der Waals surface area contributed by atoms with Crippen molar-refractivity contribution in [1.82, 2.24) is 4.72 Å². The first-order chi connectivity index (χ1) is 20.6. The maximum atomic E-state index is 13.4. The number of methoxy groups -OCH3 is 1. The summed E-state index contributed by atoms with van der Waals surface area (Å²) in [7, 11) is -2.05. The first-order valence-corrected chi connectivity index (χ1v) is 17.7. The van der Waals surface area contributed by atoms with Crippen LogP contribution in [0.4, 0.5) is 5.69 Å². The number of nitrogens with one attached hydrogen (secondary N) is 1. The van der Waals surface area contributed by atoms with E-state index < -0.39 is 15.9 Å². The van der Waals surface area contributed by atoms with Crippen LogP contribution in [-0.4, -0.2) is 53.0 Å². The number of nitrogens with zero attached hydrogens (tertiary/aromatic N) is 1. The number of hydrogen-bond donors (Lipinski definition) is 1. The van der Waals surface area contributed by atoms with E-state index in [0.717, 1.165) is 67.2 Å². The molecule has 43 heavy (non-hydrogen) atoms. The van der Waals surface area contributed by atoms with Crippen LogP contribution in [-0.2, 0) is 26.6 Å². The Bertz CT molecular complexity index is 1520. The number of amides is 1. The normalized spacial score (nSPS) is 31.8. The number of sulfonamides is 1. The Hall–Kier alpha value is -2.55. The molecule has 2 aromatic rings. The summed E-state index contributed by atoms with van der Waals surface area (Å²) in [6.07, 6.45) is 8.70. The number of allylic oxidation sites excluding steroid dienone is 1. The largest absolute Gasteiger partial charge is 0.490 e. The van der Waals surface area contributed by atoms with Gasteiger partial charge in [0.15, 0.2) is 0 Å². The summed E-state index contributed by atoms with van der Waals surface area (Å²) in [5, 5.41) is 0.751. The fraction of sp³-hybridized carbons (Fsp3) is 0.559. The second kappa shape index (κ2) is 12.1. The van der Waals surface area contributed by atoms with Crippen LogP contribution in [0.1, 0.15) is 73.9 Å². The number of rotatable bonds is 2. The number of carbonyl (C=O) groups excluding carboxylic acids is 1. The minimum atomic E-state index is -3.83. The number of hydrogen-bond acceptors (Lipinski definition) is 6.